The van der Waals surface area contributed by atoms with Crippen LogP contribution in [0, 0.1) is 0 Å². The molecule has 31 heavy (non-hydrogen) atoms. The maximum absolute atomic E-state index is 5.99. The Morgan fingerprint density at radius 3 is 1.23 bits per heavy atom. The minimum absolute atomic E-state index is 0.0663. The Hall–Kier alpha value is -2.88. The van der Waals surface area contributed by atoms with Crippen LogP contribution >= 0.6 is 0 Å². The summed E-state index contributed by atoms with van der Waals surface area (Å²) in [5.74, 6) is 1.64. The van der Waals surface area contributed by atoms with Gasteiger partial charge < -0.3 is 18.9 Å². The molecule has 2 rings (SSSR count). The molecule has 168 valence electrons. The number of rotatable bonds is 12. The van der Waals surface area contributed by atoms with Gasteiger partial charge in [0.2, 0.25) is 0 Å². The standard InChI is InChI=1S/C27H36O4/c1-9-28-19(3)21(5)30-25-15-11-23(12-16-25)27(7,8)24-13-17-26(18-14-24)31-22(6)20(4)29-10-2/h9-22H,1-2H2,3-8H3. The summed E-state index contributed by atoms with van der Waals surface area (Å²) in [6, 6.07) is 16.5. The quantitative estimate of drug-likeness (QED) is 0.358. The Morgan fingerprint density at radius 1 is 0.613 bits per heavy atom. The van der Waals surface area contributed by atoms with E-state index in [0.717, 1.165) is 11.5 Å². The van der Waals surface area contributed by atoms with Crippen LogP contribution in [0.25, 0.3) is 0 Å². The molecule has 0 aliphatic heterocycles. The van der Waals surface area contributed by atoms with Crippen molar-refractivity contribution in [3.05, 3.63) is 85.3 Å². The lowest BCUT2D eigenvalue weighted by atomic mass is 9.78. The van der Waals surface area contributed by atoms with Crippen LogP contribution in [0.5, 0.6) is 11.5 Å². The van der Waals surface area contributed by atoms with Gasteiger partial charge in [0.15, 0.2) is 0 Å². The average Bonchev–Trinajstić information content (AvgIpc) is 2.74. The fourth-order valence-corrected chi connectivity index (χ4v) is 3.21. The molecule has 0 heterocycles. The second-order valence-electron chi connectivity index (χ2n) is 8.34. The Kier molecular flexibility index (Phi) is 8.61. The van der Waals surface area contributed by atoms with Gasteiger partial charge in [-0.25, -0.2) is 0 Å². The van der Waals surface area contributed by atoms with E-state index in [9.17, 15) is 0 Å². The molecule has 0 aromatic heterocycles. The summed E-state index contributed by atoms with van der Waals surface area (Å²) in [6.07, 6.45) is 2.61. The van der Waals surface area contributed by atoms with Gasteiger partial charge in [0.25, 0.3) is 0 Å². The van der Waals surface area contributed by atoms with Gasteiger partial charge in [-0.2, -0.15) is 0 Å². The number of benzene rings is 2. The van der Waals surface area contributed by atoms with Gasteiger partial charge in [-0.05, 0) is 63.1 Å². The van der Waals surface area contributed by atoms with Crippen molar-refractivity contribution < 1.29 is 18.9 Å². The third kappa shape index (κ3) is 6.55. The van der Waals surface area contributed by atoms with Crippen LogP contribution in [-0.2, 0) is 14.9 Å². The lowest BCUT2D eigenvalue weighted by molar-refractivity contribution is 0.0473. The molecule has 0 saturated heterocycles. The van der Waals surface area contributed by atoms with E-state index in [-0.39, 0.29) is 29.8 Å². The Labute approximate surface area is 187 Å². The number of ether oxygens (including phenoxy) is 4. The fraction of sp³-hybridized carbons (Fsp3) is 0.407. The summed E-state index contributed by atoms with van der Waals surface area (Å²) in [4.78, 5) is 0. The van der Waals surface area contributed by atoms with E-state index < -0.39 is 0 Å². The number of hydrogen-bond donors (Lipinski definition) is 0. The van der Waals surface area contributed by atoms with Crippen LogP contribution in [0.3, 0.4) is 0 Å². The molecule has 4 unspecified atom stereocenters. The predicted octanol–water partition coefficient (Wildman–Crippen LogP) is 6.64. The third-order valence-electron chi connectivity index (χ3n) is 5.74. The van der Waals surface area contributed by atoms with E-state index in [0.29, 0.717) is 0 Å². The first-order valence-electron chi connectivity index (χ1n) is 10.8. The van der Waals surface area contributed by atoms with Crippen molar-refractivity contribution in [1.82, 2.24) is 0 Å². The Bertz CT molecular complexity index is 754. The summed E-state index contributed by atoms with van der Waals surface area (Å²) in [6.45, 7) is 19.5. The zero-order chi connectivity index (χ0) is 23.0. The number of hydrogen-bond acceptors (Lipinski definition) is 4. The third-order valence-corrected chi connectivity index (χ3v) is 5.74. The van der Waals surface area contributed by atoms with Crippen LogP contribution in [0.15, 0.2) is 74.2 Å². The van der Waals surface area contributed by atoms with Crippen molar-refractivity contribution in [3.63, 3.8) is 0 Å². The summed E-state index contributed by atoms with van der Waals surface area (Å²) < 4.78 is 22.7. The summed E-state index contributed by atoms with van der Waals surface area (Å²) >= 11 is 0. The maximum Gasteiger partial charge on any atom is 0.132 e. The van der Waals surface area contributed by atoms with Gasteiger partial charge in [0.05, 0.1) is 12.5 Å². The Balaban J connectivity index is 2.07. The van der Waals surface area contributed by atoms with Gasteiger partial charge >= 0.3 is 0 Å². The van der Waals surface area contributed by atoms with Crippen LogP contribution < -0.4 is 9.47 Å². The highest BCUT2D eigenvalue weighted by molar-refractivity contribution is 5.42. The van der Waals surface area contributed by atoms with Gasteiger partial charge in [-0.3, -0.25) is 0 Å². The zero-order valence-electron chi connectivity index (χ0n) is 19.6. The largest absolute Gasteiger partial charge is 0.495 e. The van der Waals surface area contributed by atoms with E-state index in [1.807, 2.05) is 52.0 Å². The van der Waals surface area contributed by atoms with Crippen LogP contribution in [0.1, 0.15) is 52.7 Å². The molecular formula is C27H36O4. The molecule has 0 aliphatic rings. The first-order valence-corrected chi connectivity index (χ1v) is 10.8. The lowest BCUT2D eigenvalue weighted by Gasteiger charge is -2.27. The van der Waals surface area contributed by atoms with Crippen LogP contribution in [0.4, 0.5) is 0 Å². The molecule has 0 aliphatic carbocycles. The highest BCUT2D eigenvalue weighted by Crippen LogP contribution is 2.33. The molecule has 0 bridgehead atoms. The highest BCUT2D eigenvalue weighted by atomic mass is 16.5. The summed E-state index contributed by atoms with van der Waals surface area (Å²) in [5.41, 5.74) is 2.25. The molecule has 0 radical (unpaired) electrons. The van der Waals surface area contributed by atoms with Gasteiger partial charge in [-0.15, -0.1) is 0 Å². The molecule has 2 aromatic carbocycles. The zero-order valence-corrected chi connectivity index (χ0v) is 19.6. The normalized spacial score (nSPS) is 15.2. The van der Waals surface area contributed by atoms with E-state index in [4.69, 9.17) is 18.9 Å². The van der Waals surface area contributed by atoms with Crippen molar-refractivity contribution in [2.45, 2.75) is 71.4 Å². The van der Waals surface area contributed by atoms with Crippen LogP contribution in [0.2, 0.25) is 0 Å². The molecule has 2 aromatic rings. The molecule has 4 atom stereocenters. The van der Waals surface area contributed by atoms with Crippen molar-refractivity contribution in [2.24, 2.45) is 0 Å². The summed E-state index contributed by atoms with van der Waals surface area (Å²) in [7, 11) is 0. The minimum atomic E-state index is -0.160. The molecule has 4 nitrogen and oxygen atoms in total. The SMILES string of the molecule is C=COC(C)C(C)Oc1ccc(C(C)(C)c2ccc(OC(C)C(C)OC=C)cc2)cc1. The first kappa shape index (κ1) is 24.4. The van der Waals surface area contributed by atoms with Crippen molar-refractivity contribution in [1.29, 1.82) is 0 Å². The molecule has 0 fully saturated rings. The second kappa shape index (κ2) is 10.9. The lowest BCUT2D eigenvalue weighted by Crippen LogP contribution is -2.27. The van der Waals surface area contributed by atoms with Crippen molar-refractivity contribution >= 4 is 0 Å². The molecular weight excluding hydrogens is 388 g/mol. The monoisotopic (exact) mass is 424 g/mol. The molecule has 0 spiro atoms. The van der Waals surface area contributed by atoms with E-state index >= 15 is 0 Å². The molecule has 4 heteroatoms. The van der Waals surface area contributed by atoms with Gasteiger partial charge in [0.1, 0.15) is 35.9 Å². The van der Waals surface area contributed by atoms with E-state index in [2.05, 4.69) is 51.3 Å². The van der Waals surface area contributed by atoms with Crippen LogP contribution in [-0.4, -0.2) is 24.4 Å². The average molecular weight is 425 g/mol. The highest BCUT2D eigenvalue weighted by Gasteiger charge is 2.24. The van der Waals surface area contributed by atoms with Crippen molar-refractivity contribution in [3.8, 4) is 11.5 Å². The van der Waals surface area contributed by atoms with Gasteiger partial charge in [-0.1, -0.05) is 51.3 Å². The summed E-state index contributed by atoms with van der Waals surface area (Å²) in [5, 5.41) is 0. The van der Waals surface area contributed by atoms with E-state index in [1.54, 1.807) is 0 Å². The van der Waals surface area contributed by atoms with Crippen molar-refractivity contribution in [2.75, 3.05) is 0 Å². The fourth-order valence-electron chi connectivity index (χ4n) is 3.21. The minimum Gasteiger partial charge on any atom is -0.495 e. The topological polar surface area (TPSA) is 36.9 Å². The Morgan fingerprint density at radius 2 is 0.935 bits per heavy atom. The first-order chi connectivity index (χ1) is 14.7. The van der Waals surface area contributed by atoms with E-state index in [1.165, 1.54) is 23.7 Å². The molecule has 0 amide bonds. The van der Waals surface area contributed by atoms with Gasteiger partial charge in [0, 0.05) is 5.41 Å². The molecule has 0 saturated carbocycles. The smallest absolute Gasteiger partial charge is 0.132 e. The molecule has 0 N–H and O–H groups in total. The maximum atomic E-state index is 5.99. The second-order valence-corrected chi connectivity index (χ2v) is 8.34. The predicted molar refractivity (Wildman–Crippen MR) is 127 cm³/mol.